The fourth-order valence-electron chi connectivity index (χ4n) is 5.96. The Hall–Kier alpha value is -2.61. The lowest BCUT2D eigenvalue weighted by molar-refractivity contribution is -0.134. The number of ether oxygens (including phenoxy) is 2. The molecule has 3 aliphatic heterocycles. The largest absolute Gasteiger partial charge is 0.493 e. The average Bonchev–Trinajstić information content (AvgIpc) is 2.86. The van der Waals surface area contributed by atoms with E-state index in [4.69, 9.17) is 15.2 Å². The van der Waals surface area contributed by atoms with Gasteiger partial charge in [-0.25, -0.2) is 0 Å². The van der Waals surface area contributed by atoms with Crippen molar-refractivity contribution >= 4 is 5.91 Å². The Balaban J connectivity index is 1.34. The van der Waals surface area contributed by atoms with Crippen LogP contribution in [0.3, 0.4) is 0 Å². The molecule has 7 nitrogen and oxygen atoms in total. The van der Waals surface area contributed by atoms with Crippen molar-refractivity contribution in [2.45, 2.75) is 37.8 Å². The van der Waals surface area contributed by atoms with Crippen molar-refractivity contribution in [2.75, 3.05) is 60.0 Å². The maximum atomic E-state index is 12.8. The molecule has 2 aromatic carbocycles. The van der Waals surface area contributed by atoms with E-state index >= 15 is 0 Å². The third-order valence-corrected chi connectivity index (χ3v) is 8.04. The lowest BCUT2D eigenvalue weighted by atomic mass is 9.78. The second-order valence-corrected chi connectivity index (χ2v) is 10.3. The Morgan fingerprint density at radius 2 is 1.91 bits per heavy atom. The van der Waals surface area contributed by atoms with Crippen LogP contribution >= 0.6 is 0 Å². The molecule has 0 bridgehead atoms. The molecule has 0 aliphatic carbocycles. The van der Waals surface area contributed by atoms with Crippen LogP contribution in [-0.2, 0) is 11.2 Å². The number of rotatable bonds is 5. The van der Waals surface area contributed by atoms with Crippen molar-refractivity contribution in [3.8, 4) is 11.5 Å². The number of piperidine rings is 1. The van der Waals surface area contributed by atoms with Gasteiger partial charge in [0.25, 0.3) is 5.91 Å². The van der Waals surface area contributed by atoms with Crippen LogP contribution in [0.25, 0.3) is 0 Å². The van der Waals surface area contributed by atoms with E-state index in [1.807, 2.05) is 11.0 Å². The standard InChI is InChI=1S/C28H38N4O3/c1-19-5-4-6-20(15-19)23-17-32-10-9-22-21(25(32)16-24(23)29)7-8-26(34-3)28(22)35-18-27(33)31-13-11-30(2)12-14-31/h4-8,15,23-25H,9-14,16-18,29H2,1-3H3. The van der Waals surface area contributed by atoms with Gasteiger partial charge in [0.15, 0.2) is 18.1 Å². The second-order valence-electron chi connectivity index (χ2n) is 10.3. The van der Waals surface area contributed by atoms with Gasteiger partial charge >= 0.3 is 0 Å². The van der Waals surface area contributed by atoms with Crippen molar-refractivity contribution < 1.29 is 14.3 Å². The summed E-state index contributed by atoms with van der Waals surface area (Å²) in [5, 5.41) is 0. The SMILES string of the molecule is COc1ccc2c(c1OCC(=O)N1CCN(C)CC1)CCN1CC(c3cccc(C)c3)C(N)CC21. The number of hydrogen-bond donors (Lipinski definition) is 1. The van der Waals surface area contributed by atoms with Crippen LogP contribution in [0.15, 0.2) is 36.4 Å². The van der Waals surface area contributed by atoms with E-state index in [0.29, 0.717) is 11.7 Å². The van der Waals surface area contributed by atoms with E-state index in [0.717, 1.165) is 63.4 Å². The third kappa shape index (κ3) is 4.90. The zero-order valence-corrected chi connectivity index (χ0v) is 21.2. The summed E-state index contributed by atoms with van der Waals surface area (Å²) in [6.45, 7) is 7.39. The molecule has 0 radical (unpaired) electrons. The highest BCUT2D eigenvalue weighted by atomic mass is 16.5. The lowest BCUT2D eigenvalue weighted by Crippen LogP contribution is -2.50. The van der Waals surface area contributed by atoms with Gasteiger partial charge in [0.1, 0.15) is 0 Å². The van der Waals surface area contributed by atoms with Crippen LogP contribution in [0, 0.1) is 6.92 Å². The van der Waals surface area contributed by atoms with Crippen LogP contribution in [-0.4, -0.2) is 86.7 Å². The van der Waals surface area contributed by atoms with Crippen LogP contribution in [0.2, 0.25) is 0 Å². The first-order valence-electron chi connectivity index (χ1n) is 12.8. The van der Waals surface area contributed by atoms with Gasteiger partial charge in [-0.2, -0.15) is 0 Å². The number of fused-ring (bicyclic) bond motifs is 3. The van der Waals surface area contributed by atoms with Crippen molar-refractivity contribution in [1.82, 2.24) is 14.7 Å². The van der Waals surface area contributed by atoms with Gasteiger partial charge in [-0.15, -0.1) is 0 Å². The molecule has 2 saturated heterocycles. The number of piperazine rings is 1. The minimum atomic E-state index is 0.0378. The fraction of sp³-hybridized carbons (Fsp3) is 0.536. The Morgan fingerprint density at radius 1 is 1.11 bits per heavy atom. The zero-order valence-electron chi connectivity index (χ0n) is 21.2. The van der Waals surface area contributed by atoms with Gasteiger partial charge in [-0.1, -0.05) is 35.9 Å². The zero-order chi connectivity index (χ0) is 24.5. The summed E-state index contributed by atoms with van der Waals surface area (Å²) in [6, 6.07) is 13.3. The van der Waals surface area contributed by atoms with Gasteiger partial charge in [0.2, 0.25) is 0 Å². The number of methoxy groups -OCH3 is 1. The van der Waals surface area contributed by atoms with Gasteiger partial charge in [0.05, 0.1) is 7.11 Å². The lowest BCUT2D eigenvalue weighted by Gasteiger charge is -2.46. The van der Waals surface area contributed by atoms with E-state index in [9.17, 15) is 4.79 Å². The first-order valence-corrected chi connectivity index (χ1v) is 12.8. The number of aryl methyl sites for hydroxylation is 1. The van der Waals surface area contributed by atoms with Crippen molar-refractivity contribution in [3.63, 3.8) is 0 Å². The highest BCUT2D eigenvalue weighted by molar-refractivity contribution is 5.78. The van der Waals surface area contributed by atoms with Crippen molar-refractivity contribution in [3.05, 3.63) is 58.7 Å². The van der Waals surface area contributed by atoms with Crippen molar-refractivity contribution in [1.29, 1.82) is 0 Å². The van der Waals surface area contributed by atoms with E-state index in [2.05, 4.69) is 54.1 Å². The molecule has 3 atom stereocenters. The minimum absolute atomic E-state index is 0.0378. The number of nitrogens with zero attached hydrogens (tertiary/aromatic N) is 3. The number of carbonyl (C=O) groups is 1. The number of nitrogens with two attached hydrogens (primary N) is 1. The normalized spacial score (nSPS) is 25.0. The molecule has 2 aromatic rings. The fourth-order valence-corrected chi connectivity index (χ4v) is 5.96. The van der Waals surface area contributed by atoms with Gasteiger partial charge in [-0.3, -0.25) is 9.69 Å². The topological polar surface area (TPSA) is 71.3 Å². The van der Waals surface area contributed by atoms with E-state index in [-0.39, 0.29) is 24.6 Å². The van der Waals surface area contributed by atoms with E-state index in [1.165, 1.54) is 16.7 Å². The van der Waals surface area contributed by atoms with Crippen LogP contribution in [0.4, 0.5) is 0 Å². The average molecular weight is 479 g/mol. The predicted molar refractivity (Wildman–Crippen MR) is 137 cm³/mol. The minimum Gasteiger partial charge on any atom is -0.493 e. The quantitative estimate of drug-likeness (QED) is 0.712. The highest BCUT2D eigenvalue weighted by Gasteiger charge is 2.39. The number of carbonyl (C=O) groups excluding carboxylic acids is 1. The summed E-state index contributed by atoms with van der Waals surface area (Å²) in [7, 11) is 3.75. The molecule has 7 heteroatoms. The summed E-state index contributed by atoms with van der Waals surface area (Å²) in [5.41, 5.74) is 11.8. The van der Waals surface area contributed by atoms with Crippen LogP contribution < -0.4 is 15.2 Å². The summed E-state index contributed by atoms with van der Waals surface area (Å²) < 4.78 is 11.9. The predicted octanol–water partition coefficient (Wildman–Crippen LogP) is 2.57. The number of amides is 1. The maximum absolute atomic E-state index is 12.8. The van der Waals surface area contributed by atoms with Crippen molar-refractivity contribution in [2.24, 2.45) is 5.73 Å². The first-order chi connectivity index (χ1) is 16.9. The first kappa shape index (κ1) is 24.1. The van der Waals surface area contributed by atoms with Gasteiger partial charge in [0, 0.05) is 62.8 Å². The molecule has 2 fully saturated rings. The summed E-state index contributed by atoms with van der Waals surface area (Å²) >= 11 is 0. The third-order valence-electron chi connectivity index (χ3n) is 8.04. The van der Waals surface area contributed by atoms with Crippen LogP contribution in [0.5, 0.6) is 11.5 Å². The molecular weight excluding hydrogens is 440 g/mol. The molecule has 1 amide bonds. The van der Waals surface area contributed by atoms with E-state index in [1.54, 1.807) is 7.11 Å². The number of benzene rings is 2. The smallest absolute Gasteiger partial charge is 0.260 e. The maximum Gasteiger partial charge on any atom is 0.260 e. The Labute approximate surface area is 208 Å². The van der Waals surface area contributed by atoms with Crippen LogP contribution in [0.1, 0.15) is 40.6 Å². The summed E-state index contributed by atoms with van der Waals surface area (Å²) in [6.07, 6.45) is 1.77. The molecule has 0 aromatic heterocycles. The molecule has 0 spiro atoms. The molecule has 3 heterocycles. The summed E-state index contributed by atoms with van der Waals surface area (Å²) in [5.74, 6) is 1.79. The van der Waals surface area contributed by atoms with Gasteiger partial charge in [-0.05, 0) is 44.0 Å². The molecular formula is C28H38N4O3. The Morgan fingerprint density at radius 3 is 2.66 bits per heavy atom. The molecule has 188 valence electrons. The number of likely N-dealkylation sites (N-methyl/N-ethyl adjacent to an activating group) is 1. The monoisotopic (exact) mass is 478 g/mol. The second kappa shape index (κ2) is 10.2. The molecule has 3 unspecified atom stereocenters. The number of hydrogen-bond acceptors (Lipinski definition) is 6. The Kier molecular flexibility index (Phi) is 7.00. The molecule has 0 saturated carbocycles. The molecule has 3 aliphatic rings. The summed E-state index contributed by atoms with van der Waals surface area (Å²) in [4.78, 5) is 19.5. The molecule has 2 N–H and O–H groups in total. The molecule has 5 rings (SSSR count). The van der Waals surface area contributed by atoms with Gasteiger partial charge < -0.3 is 25.0 Å². The highest BCUT2D eigenvalue weighted by Crippen LogP contribution is 2.45. The Bertz CT molecular complexity index is 1070. The van der Waals surface area contributed by atoms with E-state index < -0.39 is 0 Å². The molecule has 35 heavy (non-hydrogen) atoms.